The Bertz CT molecular complexity index is 1410. The molecule has 6 nitrogen and oxygen atoms in total. The van der Waals surface area contributed by atoms with Gasteiger partial charge in [0.15, 0.2) is 0 Å². The van der Waals surface area contributed by atoms with Gasteiger partial charge in [-0.2, -0.15) is 26.3 Å². The molecule has 0 aliphatic carbocycles. The molecule has 0 spiro atoms. The van der Waals surface area contributed by atoms with Crippen molar-refractivity contribution in [3.63, 3.8) is 0 Å². The molecular formula is C28H24ClF6N3O3. The minimum Gasteiger partial charge on any atom is -0.481 e. The van der Waals surface area contributed by atoms with Gasteiger partial charge in [-0.1, -0.05) is 35.9 Å². The Morgan fingerprint density at radius 1 is 0.951 bits per heavy atom. The van der Waals surface area contributed by atoms with E-state index < -0.39 is 47.3 Å². The lowest BCUT2D eigenvalue weighted by Crippen LogP contribution is -2.26. The van der Waals surface area contributed by atoms with E-state index in [1.165, 1.54) is 42.5 Å². The number of carboxylic acid groups (broad SMARTS) is 1. The van der Waals surface area contributed by atoms with Crippen molar-refractivity contribution in [3.8, 4) is 11.1 Å². The lowest BCUT2D eigenvalue weighted by Gasteiger charge is -2.23. The van der Waals surface area contributed by atoms with Gasteiger partial charge in [-0.15, -0.1) is 0 Å². The average molecular weight is 600 g/mol. The van der Waals surface area contributed by atoms with Gasteiger partial charge in [0.2, 0.25) is 0 Å². The first-order valence-electron chi connectivity index (χ1n) is 12.1. The number of hydrogen-bond donors (Lipinski definition) is 4. The van der Waals surface area contributed by atoms with Gasteiger partial charge >= 0.3 is 18.3 Å². The van der Waals surface area contributed by atoms with E-state index in [9.17, 15) is 35.9 Å². The Kier molecular flexibility index (Phi) is 10.0. The number of alkyl halides is 6. The largest absolute Gasteiger partial charge is 0.481 e. The highest BCUT2D eigenvalue weighted by Crippen LogP contribution is 2.38. The molecule has 1 atom stereocenters. The SMILES string of the molecule is N=Cc1cc(-c2ccc(C(F)(F)F)c(Cl)c2)ccc1NC(CCC(F)(F)F)c1ccc(C(=O)NCCC(=O)O)cc1. The Labute approximate surface area is 235 Å². The lowest BCUT2D eigenvalue weighted by molar-refractivity contribution is -0.138. The van der Waals surface area contributed by atoms with Crippen molar-refractivity contribution in [2.24, 2.45) is 0 Å². The smallest absolute Gasteiger partial charge is 0.417 e. The first-order valence-corrected chi connectivity index (χ1v) is 12.5. The predicted molar refractivity (Wildman–Crippen MR) is 142 cm³/mol. The van der Waals surface area contributed by atoms with E-state index in [0.29, 0.717) is 22.4 Å². The second-order valence-corrected chi connectivity index (χ2v) is 9.42. The molecule has 13 heteroatoms. The van der Waals surface area contributed by atoms with E-state index >= 15 is 0 Å². The molecule has 1 unspecified atom stereocenters. The molecule has 0 aliphatic rings. The van der Waals surface area contributed by atoms with Crippen molar-refractivity contribution in [2.45, 2.75) is 37.7 Å². The fraction of sp³-hybridized carbons (Fsp3) is 0.250. The normalized spacial score (nSPS) is 12.5. The number of carbonyl (C=O) groups excluding carboxylic acids is 1. The highest BCUT2D eigenvalue weighted by atomic mass is 35.5. The minimum absolute atomic E-state index is 0.0905. The third-order valence-corrected chi connectivity index (χ3v) is 6.37. The molecule has 218 valence electrons. The summed E-state index contributed by atoms with van der Waals surface area (Å²) in [4.78, 5) is 22.8. The maximum absolute atomic E-state index is 13.1. The number of nitrogens with one attached hydrogen (secondary N) is 3. The predicted octanol–water partition coefficient (Wildman–Crippen LogP) is 7.72. The molecule has 0 radical (unpaired) electrons. The Hall–Kier alpha value is -4.06. The molecular weight excluding hydrogens is 576 g/mol. The minimum atomic E-state index is -4.63. The summed E-state index contributed by atoms with van der Waals surface area (Å²) in [6.45, 7) is -0.0905. The van der Waals surface area contributed by atoms with Gasteiger partial charge < -0.3 is 21.1 Å². The van der Waals surface area contributed by atoms with E-state index in [4.69, 9.17) is 22.1 Å². The second-order valence-electron chi connectivity index (χ2n) is 9.01. The quantitative estimate of drug-likeness (QED) is 0.134. The lowest BCUT2D eigenvalue weighted by atomic mass is 9.97. The highest BCUT2D eigenvalue weighted by molar-refractivity contribution is 6.31. The summed E-state index contributed by atoms with van der Waals surface area (Å²) in [5.74, 6) is -1.62. The van der Waals surface area contributed by atoms with Crippen molar-refractivity contribution in [1.29, 1.82) is 5.41 Å². The molecule has 3 aromatic carbocycles. The molecule has 3 rings (SSSR count). The van der Waals surface area contributed by atoms with Gasteiger partial charge in [-0.25, -0.2) is 0 Å². The van der Waals surface area contributed by atoms with Crippen molar-refractivity contribution in [2.75, 3.05) is 11.9 Å². The van der Waals surface area contributed by atoms with E-state index in [1.807, 2.05) is 0 Å². The fourth-order valence-electron chi connectivity index (χ4n) is 3.99. The third kappa shape index (κ3) is 8.97. The van der Waals surface area contributed by atoms with Crippen molar-refractivity contribution in [3.05, 3.63) is 87.9 Å². The summed E-state index contributed by atoms with van der Waals surface area (Å²) < 4.78 is 78.5. The van der Waals surface area contributed by atoms with Crippen LogP contribution < -0.4 is 10.6 Å². The average Bonchev–Trinajstić information content (AvgIpc) is 2.89. The van der Waals surface area contributed by atoms with Crippen LogP contribution in [0, 0.1) is 5.41 Å². The van der Waals surface area contributed by atoms with Crippen LogP contribution >= 0.6 is 11.6 Å². The number of carboxylic acids is 1. The summed E-state index contributed by atoms with van der Waals surface area (Å²) in [5, 5.41) is 21.4. The Balaban J connectivity index is 1.86. The van der Waals surface area contributed by atoms with Gasteiger partial charge in [0.25, 0.3) is 5.91 Å². The number of hydrogen-bond acceptors (Lipinski definition) is 4. The molecule has 0 saturated heterocycles. The topological polar surface area (TPSA) is 102 Å². The second kappa shape index (κ2) is 13.1. The molecule has 0 aromatic heterocycles. The monoisotopic (exact) mass is 599 g/mol. The molecule has 0 aliphatic heterocycles. The van der Waals surface area contributed by atoms with Gasteiger partial charge in [-0.05, 0) is 59.5 Å². The molecule has 0 fully saturated rings. The zero-order valence-corrected chi connectivity index (χ0v) is 21.9. The van der Waals surface area contributed by atoms with Crippen molar-refractivity contribution >= 4 is 35.4 Å². The summed E-state index contributed by atoms with van der Waals surface area (Å²) in [6.07, 6.45) is -9.88. The van der Waals surface area contributed by atoms with Crippen molar-refractivity contribution < 1.29 is 41.0 Å². The van der Waals surface area contributed by atoms with Crippen molar-refractivity contribution in [1.82, 2.24) is 5.32 Å². The van der Waals surface area contributed by atoms with Crippen LogP contribution in [0.25, 0.3) is 11.1 Å². The van der Waals surface area contributed by atoms with E-state index in [-0.39, 0.29) is 30.5 Å². The van der Waals surface area contributed by atoms with Crippen LogP contribution in [-0.4, -0.2) is 35.9 Å². The van der Waals surface area contributed by atoms with Gasteiger partial charge in [0, 0.05) is 36.0 Å². The van der Waals surface area contributed by atoms with E-state index in [0.717, 1.165) is 18.3 Å². The molecule has 0 heterocycles. The molecule has 0 bridgehead atoms. The van der Waals surface area contributed by atoms with Gasteiger partial charge in [0.05, 0.1) is 23.0 Å². The summed E-state index contributed by atoms with van der Waals surface area (Å²) in [6, 6.07) is 12.6. The van der Waals surface area contributed by atoms with Crippen LogP contribution in [-0.2, 0) is 11.0 Å². The zero-order valence-electron chi connectivity index (χ0n) is 21.2. The van der Waals surface area contributed by atoms with Crippen LogP contribution in [0.2, 0.25) is 5.02 Å². The first-order chi connectivity index (χ1) is 19.2. The maximum atomic E-state index is 13.1. The summed E-state index contributed by atoms with van der Waals surface area (Å²) in [7, 11) is 0. The summed E-state index contributed by atoms with van der Waals surface area (Å²) in [5.41, 5.74) is 0.983. The third-order valence-electron chi connectivity index (χ3n) is 6.06. The zero-order chi connectivity index (χ0) is 30.4. The van der Waals surface area contributed by atoms with E-state index in [1.54, 1.807) is 6.07 Å². The maximum Gasteiger partial charge on any atom is 0.417 e. The number of benzene rings is 3. The fourth-order valence-corrected chi connectivity index (χ4v) is 4.28. The molecule has 3 aromatic rings. The molecule has 4 N–H and O–H groups in total. The number of amides is 1. The number of carbonyl (C=O) groups is 2. The van der Waals surface area contributed by atoms with Crippen LogP contribution in [0.3, 0.4) is 0 Å². The molecule has 41 heavy (non-hydrogen) atoms. The van der Waals surface area contributed by atoms with Gasteiger partial charge in [-0.3, -0.25) is 9.59 Å². The van der Waals surface area contributed by atoms with Crippen LogP contribution in [0.15, 0.2) is 60.7 Å². The summed E-state index contributed by atoms with van der Waals surface area (Å²) >= 11 is 5.83. The number of anilines is 1. The first kappa shape index (κ1) is 31.5. The van der Waals surface area contributed by atoms with Crippen LogP contribution in [0.5, 0.6) is 0 Å². The Morgan fingerprint density at radius 3 is 2.15 bits per heavy atom. The number of aliphatic carboxylic acids is 1. The van der Waals surface area contributed by atoms with E-state index in [2.05, 4.69) is 10.6 Å². The van der Waals surface area contributed by atoms with Gasteiger partial charge in [0.1, 0.15) is 0 Å². The Morgan fingerprint density at radius 2 is 1.59 bits per heavy atom. The van der Waals surface area contributed by atoms with Crippen LogP contribution in [0.1, 0.15) is 52.4 Å². The standard InChI is InChI=1S/C28H24ClF6N3O3/c29-22-14-19(5-7-21(22)28(33,34)35)18-6-8-23(20(13-18)15-36)38-24(9-11-27(30,31)32)16-1-3-17(4-2-16)26(41)37-12-10-25(39)40/h1-8,13-15,24,36,38H,9-12H2,(H,37,41)(H,39,40). The highest BCUT2D eigenvalue weighted by Gasteiger charge is 2.33. The van der Waals surface area contributed by atoms with Crippen LogP contribution in [0.4, 0.5) is 32.0 Å². The number of rotatable bonds is 11. The molecule has 1 amide bonds. The number of halogens is 7. The molecule has 0 saturated carbocycles.